The lowest BCUT2D eigenvalue weighted by Crippen LogP contribution is -2.34. The number of methoxy groups -OCH3 is 4. The summed E-state index contributed by atoms with van der Waals surface area (Å²) in [4.78, 5) is 14.6. The number of hydrogen-bond acceptors (Lipinski definition) is 5. The van der Waals surface area contributed by atoms with Crippen LogP contribution in [0.2, 0.25) is 0 Å². The molecule has 0 bridgehead atoms. The van der Waals surface area contributed by atoms with E-state index in [1.807, 2.05) is 48.5 Å². The monoisotopic (exact) mass is 369 g/mol. The van der Waals surface area contributed by atoms with Crippen molar-refractivity contribution in [1.82, 2.24) is 4.90 Å². The minimum absolute atomic E-state index is 0.0728. The minimum atomic E-state index is -0.517. The molecule has 142 valence electrons. The Kier molecular flexibility index (Phi) is 5.78. The van der Waals surface area contributed by atoms with Gasteiger partial charge in [-0.2, -0.15) is 0 Å². The third-order valence-corrected chi connectivity index (χ3v) is 4.54. The summed E-state index contributed by atoms with van der Waals surface area (Å²) < 4.78 is 21.3. The third kappa shape index (κ3) is 3.67. The van der Waals surface area contributed by atoms with Gasteiger partial charge in [-0.3, -0.25) is 4.79 Å². The summed E-state index contributed by atoms with van der Waals surface area (Å²) in [5, 5.41) is 0. The van der Waals surface area contributed by atoms with E-state index < -0.39 is 6.29 Å². The quantitative estimate of drug-likeness (QED) is 0.701. The molecule has 1 amide bonds. The molecule has 2 aromatic carbocycles. The van der Waals surface area contributed by atoms with Gasteiger partial charge in [-0.15, -0.1) is 0 Å². The molecule has 0 atom stereocenters. The summed E-state index contributed by atoms with van der Waals surface area (Å²) in [6.07, 6.45) is 1.44. The molecule has 3 rings (SSSR count). The van der Waals surface area contributed by atoms with Crippen LogP contribution in [0.3, 0.4) is 0 Å². The van der Waals surface area contributed by atoms with Crippen LogP contribution < -0.4 is 9.47 Å². The molecule has 0 saturated heterocycles. The Bertz CT molecular complexity index is 857. The smallest absolute Gasteiger partial charge is 0.259 e. The summed E-state index contributed by atoms with van der Waals surface area (Å²) >= 11 is 0. The topological polar surface area (TPSA) is 57.2 Å². The first-order valence-corrected chi connectivity index (χ1v) is 8.53. The predicted molar refractivity (Wildman–Crippen MR) is 103 cm³/mol. The molecule has 1 aliphatic rings. The molecule has 0 spiro atoms. The van der Waals surface area contributed by atoms with Crippen LogP contribution >= 0.6 is 0 Å². The lowest BCUT2D eigenvalue weighted by atomic mass is 10.1. The maximum absolute atomic E-state index is 12.9. The number of hydrogen-bond donors (Lipinski definition) is 0. The highest BCUT2D eigenvalue weighted by atomic mass is 16.7. The molecule has 1 heterocycles. The van der Waals surface area contributed by atoms with Crippen LogP contribution in [0.5, 0.6) is 11.5 Å². The van der Waals surface area contributed by atoms with Gasteiger partial charge in [0.15, 0.2) is 17.8 Å². The van der Waals surface area contributed by atoms with E-state index in [1.165, 1.54) is 0 Å². The van der Waals surface area contributed by atoms with Gasteiger partial charge in [0.25, 0.3) is 5.91 Å². The van der Waals surface area contributed by atoms with Gasteiger partial charge >= 0.3 is 0 Å². The fourth-order valence-corrected chi connectivity index (χ4v) is 3.12. The van der Waals surface area contributed by atoms with Crippen molar-refractivity contribution in [2.45, 2.75) is 6.29 Å². The molecular formula is C21H23NO5. The van der Waals surface area contributed by atoms with E-state index in [1.54, 1.807) is 33.3 Å². The van der Waals surface area contributed by atoms with Crippen LogP contribution in [-0.2, 0) is 9.47 Å². The summed E-state index contributed by atoms with van der Waals surface area (Å²) in [6.45, 7) is 0.291. The standard InChI is InChI=1S/C21H23NO5/c1-24-18-10-9-14(12-19(18)25-2)11-17-15-7-5-6-8-16(15)21(23)22(17)13-20(26-3)27-4/h5-12,20H,13H2,1-4H3/b17-11+. The van der Waals surface area contributed by atoms with Crippen molar-refractivity contribution in [3.8, 4) is 11.5 Å². The van der Waals surface area contributed by atoms with Gasteiger partial charge < -0.3 is 23.8 Å². The van der Waals surface area contributed by atoms with Gasteiger partial charge in [0, 0.05) is 25.3 Å². The zero-order valence-corrected chi connectivity index (χ0v) is 15.9. The maximum atomic E-state index is 12.9. The Morgan fingerprint density at radius 2 is 1.59 bits per heavy atom. The van der Waals surface area contributed by atoms with Crippen molar-refractivity contribution >= 4 is 17.7 Å². The number of carbonyl (C=O) groups is 1. The summed E-state index contributed by atoms with van der Waals surface area (Å²) in [5.74, 6) is 1.21. The van der Waals surface area contributed by atoms with Crippen LogP contribution in [-0.4, -0.2) is 52.1 Å². The molecule has 6 nitrogen and oxygen atoms in total. The second kappa shape index (κ2) is 8.24. The van der Waals surface area contributed by atoms with Gasteiger partial charge in [0.2, 0.25) is 0 Å². The van der Waals surface area contributed by atoms with E-state index in [2.05, 4.69) is 0 Å². The zero-order chi connectivity index (χ0) is 19.4. The zero-order valence-electron chi connectivity index (χ0n) is 15.9. The highest BCUT2D eigenvalue weighted by molar-refractivity contribution is 6.11. The Morgan fingerprint density at radius 1 is 0.926 bits per heavy atom. The second-order valence-corrected chi connectivity index (χ2v) is 6.01. The fraction of sp³-hybridized carbons (Fsp3) is 0.286. The van der Waals surface area contributed by atoms with Crippen molar-refractivity contribution in [3.05, 3.63) is 59.2 Å². The Hall–Kier alpha value is -2.83. The molecule has 0 unspecified atom stereocenters. The Morgan fingerprint density at radius 3 is 2.22 bits per heavy atom. The average molecular weight is 369 g/mol. The number of fused-ring (bicyclic) bond motifs is 1. The van der Waals surface area contributed by atoms with Gasteiger partial charge in [-0.25, -0.2) is 0 Å². The lowest BCUT2D eigenvalue weighted by molar-refractivity contribution is -0.107. The van der Waals surface area contributed by atoms with E-state index in [9.17, 15) is 4.79 Å². The van der Waals surface area contributed by atoms with Crippen LogP contribution in [0.1, 0.15) is 21.5 Å². The average Bonchev–Trinajstić information content (AvgIpc) is 2.97. The second-order valence-electron chi connectivity index (χ2n) is 6.01. The highest BCUT2D eigenvalue weighted by Crippen LogP contribution is 2.36. The molecule has 1 aliphatic heterocycles. The maximum Gasteiger partial charge on any atom is 0.259 e. The number of amides is 1. The summed E-state index contributed by atoms with van der Waals surface area (Å²) in [6, 6.07) is 13.2. The van der Waals surface area contributed by atoms with Gasteiger partial charge in [-0.1, -0.05) is 24.3 Å². The van der Waals surface area contributed by atoms with Crippen LogP contribution in [0.25, 0.3) is 11.8 Å². The molecule has 6 heteroatoms. The van der Waals surface area contributed by atoms with Crippen molar-refractivity contribution in [2.75, 3.05) is 35.0 Å². The normalized spacial score (nSPS) is 14.8. The third-order valence-electron chi connectivity index (χ3n) is 4.54. The highest BCUT2D eigenvalue weighted by Gasteiger charge is 2.33. The fourth-order valence-electron chi connectivity index (χ4n) is 3.12. The van der Waals surface area contributed by atoms with Gasteiger partial charge in [0.05, 0.1) is 26.5 Å². The number of benzene rings is 2. The van der Waals surface area contributed by atoms with E-state index >= 15 is 0 Å². The first kappa shape index (κ1) is 18.9. The van der Waals surface area contributed by atoms with Crippen LogP contribution in [0.15, 0.2) is 42.5 Å². The molecule has 0 aromatic heterocycles. The number of nitrogens with zero attached hydrogens (tertiary/aromatic N) is 1. The molecule has 0 radical (unpaired) electrons. The van der Waals surface area contributed by atoms with Crippen molar-refractivity contribution in [2.24, 2.45) is 0 Å². The molecular weight excluding hydrogens is 346 g/mol. The number of carbonyl (C=O) groups excluding carboxylic acids is 1. The number of rotatable bonds is 7. The SMILES string of the molecule is COc1ccc(/C=C2\c3ccccc3C(=O)N2CC(OC)OC)cc1OC. The summed E-state index contributed by atoms with van der Waals surface area (Å²) in [5.41, 5.74) is 3.23. The first-order chi connectivity index (χ1) is 13.1. The summed E-state index contributed by atoms with van der Waals surface area (Å²) in [7, 11) is 6.30. The lowest BCUT2D eigenvalue weighted by Gasteiger charge is -2.23. The molecule has 2 aromatic rings. The van der Waals surface area contributed by atoms with Crippen molar-refractivity contribution in [1.29, 1.82) is 0 Å². The molecule has 0 aliphatic carbocycles. The van der Waals surface area contributed by atoms with E-state index in [0.29, 0.717) is 23.6 Å². The van der Waals surface area contributed by atoms with Gasteiger partial charge in [0.1, 0.15) is 0 Å². The Labute approximate surface area is 158 Å². The number of ether oxygens (including phenoxy) is 4. The van der Waals surface area contributed by atoms with Crippen molar-refractivity contribution in [3.63, 3.8) is 0 Å². The van der Waals surface area contributed by atoms with Crippen LogP contribution in [0, 0.1) is 0 Å². The molecule has 0 saturated carbocycles. The van der Waals surface area contributed by atoms with Gasteiger partial charge in [-0.05, 0) is 29.8 Å². The van der Waals surface area contributed by atoms with E-state index in [0.717, 1.165) is 16.8 Å². The molecule has 0 fully saturated rings. The van der Waals surface area contributed by atoms with Crippen LogP contribution in [0.4, 0.5) is 0 Å². The van der Waals surface area contributed by atoms with E-state index in [4.69, 9.17) is 18.9 Å². The minimum Gasteiger partial charge on any atom is -0.493 e. The molecule has 27 heavy (non-hydrogen) atoms. The largest absolute Gasteiger partial charge is 0.493 e. The van der Waals surface area contributed by atoms with Crippen molar-refractivity contribution < 1.29 is 23.7 Å². The van der Waals surface area contributed by atoms with E-state index in [-0.39, 0.29) is 5.91 Å². The molecule has 0 N–H and O–H groups in total. The first-order valence-electron chi connectivity index (χ1n) is 8.53. The predicted octanol–water partition coefficient (Wildman–Crippen LogP) is 3.28. The Balaban J connectivity index is 2.06.